The second-order valence-electron chi connectivity index (χ2n) is 3.33. The standard InChI is InChI=1S/C11H15NO/c1-8(2)10-5-4-6-12-11(10)7-9(3)13/h4-6,9,13H,1,7H2,2-3H3/t9-/m0/s1. The van der Waals surface area contributed by atoms with Crippen LogP contribution in [-0.4, -0.2) is 16.2 Å². The highest BCUT2D eigenvalue weighted by molar-refractivity contribution is 5.63. The second kappa shape index (κ2) is 4.19. The van der Waals surface area contributed by atoms with Crippen LogP contribution in [0.3, 0.4) is 0 Å². The lowest BCUT2D eigenvalue weighted by Crippen LogP contribution is -2.07. The Bertz CT molecular complexity index is 305. The Balaban J connectivity index is 2.98. The summed E-state index contributed by atoms with van der Waals surface area (Å²) >= 11 is 0. The highest BCUT2D eigenvalue weighted by atomic mass is 16.3. The highest BCUT2D eigenvalue weighted by Crippen LogP contribution is 2.15. The van der Waals surface area contributed by atoms with Gasteiger partial charge >= 0.3 is 0 Å². The molecule has 2 nitrogen and oxygen atoms in total. The zero-order chi connectivity index (χ0) is 9.84. The van der Waals surface area contributed by atoms with Crippen LogP contribution in [0, 0.1) is 0 Å². The smallest absolute Gasteiger partial charge is 0.0567 e. The van der Waals surface area contributed by atoms with E-state index in [1.165, 1.54) is 0 Å². The minimum absolute atomic E-state index is 0.354. The Morgan fingerprint density at radius 3 is 2.92 bits per heavy atom. The molecule has 0 spiro atoms. The molecular formula is C11H15NO. The normalized spacial score (nSPS) is 12.5. The lowest BCUT2D eigenvalue weighted by atomic mass is 10.0. The summed E-state index contributed by atoms with van der Waals surface area (Å²) in [7, 11) is 0. The molecule has 0 fully saturated rings. The van der Waals surface area contributed by atoms with Gasteiger partial charge in [-0.1, -0.05) is 12.6 Å². The van der Waals surface area contributed by atoms with E-state index in [1.807, 2.05) is 19.1 Å². The predicted molar refractivity (Wildman–Crippen MR) is 54.3 cm³/mol. The molecule has 0 aliphatic carbocycles. The maximum atomic E-state index is 9.24. The fraction of sp³-hybridized carbons (Fsp3) is 0.364. The Labute approximate surface area is 78.9 Å². The SMILES string of the molecule is C=C(C)c1cccnc1C[C@H](C)O. The summed E-state index contributed by atoms with van der Waals surface area (Å²) in [5.41, 5.74) is 2.96. The van der Waals surface area contributed by atoms with Gasteiger partial charge in [0.1, 0.15) is 0 Å². The third-order valence-corrected chi connectivity index (χ3v) is 1.84. The summed E-state index contributed by atoms with van der Waals surface area (Å²) in [6.07, 6.45) is 1.97. The van der Waals surface area contributed by atoms with Crippen molar-refractivity contribution in [2.75, 3.05) is 0 Å². The molecule has 1 atom stereocenters. The summed E-state index contributed by atoms with van der Waals surface area (Å²) in [6, 6.07) is 3.86. The van der Waals surface area contributed by atoms with E-state index in [1.54, 1.807) is 13.1 Å². The quantitative estimate of drug-likeness (QED) is 0.766. The van der Waals surface area contributed by atoms with E-state index >= 15 is 0 Å². The zero-order valence-electron chi connectivity index (χ0n) is 8.12. The molecule has 0 unspecified atom stereocenters. The molecule has 0 aliphatic rings. The van der Waals surface area contributed by atoms with Crippen molar-refractivity contribution in [3.63, 3.8) is 0 Å². The maximum absolute atomic E-state index is 9.24. The molecule has 1 N–H and O–H groups in total. The first-order valence-electron chi connectivity index (χ1n) is 4.39. The van der Waals surface area contributed by atoms with Crippen molar-refractivity contribution in [3.8, 4) is 0 Å². The van der Waals surface area contributed by atoms with E-state index in [0.29, 0.717) is 6.42 Å². The summed E-state index contributed by atoms with van der Waals surface area (Å²) in [4.78, 5) is 4.22. The van der Waals surface area contributed by atoms with Crippen LogP contribution in [0.1, 0.15) is 25.1 Å². The maximum Gasteiger partial charge on any atom is 0.0567 e. The van der Waals surface area contributed by atoms with Crippen molar-refractivity contribution >= 4 is 5.57 Å². The van der Waals surface area contributed by atoms with Gasteiger partial charge in [-0.3, -0.25) is 4.98 Å². The molecular weight excluding hydrogens is 162 g/mol. The second-order valence-corrected chi connectivity index (χ2v) is 3.33. The predicted octanol–water partition coefficient (Wildman–Crippen LogP) is 2.04. The number of aromatic nitrogens is 1. The summed E-state index contributed by atoms with van der Waals surface area (Å²) in [5, 5.41) is 9.24. The molecule has 1 heterocycles. The molecule has 0 amide bonds. The molecule has 1 aromatic rings. The largest absolute Gasteiger partial charge is 0.393 e. The topological polar surface area (TPSA) is 33.1 Å². The number of aliphatic hydroxyl groups is 1. The van der Waals surface area contributed by atoms with E-state index in [-0.39, 0.29) is 6.10 Å². The van der Waals surface area contributed by atoms with E-state index in [4.69, 9.17) is 0 Å². The number of hydrogen-bond donors (Lipinski definition) is 1. The van der Waals surface area contributed by atoms with Crippen LogP contribution >= 0.6 is 0 Å². The van der Waals surface area contributed by atoms with Crippen LogP contribution < -0.4 is 0 Å². The van der Waals surface area contributed by atoms with Gasteiger partial charge in [0.05, 0.1) is 11.8 Å². The van der Waals surface area contributed by atoms with Crippen molar-refractivity contribution in [2.45, 2.75) is 26.4 Å². The monoisotopic (exact) mass is 177 g/mol. The molecule has 0 saturated carbocycles. The fourth-order valence-electron chi connectivity index (χ4n) is 1.27. The van der Waals surface area contributed by atoms with Crippen LogP contribution in [0.5, 0.6) is 0 Å². The first kappa shape index (κ1) is 9.93. The molecule has 1 rings (SSSR count). The molecule has 0 bridgehead atoms. The lowest BCUT2D eigenvalue weighted by Gasteiger charge is -2.08. The van der Waals surface area contributed by atoms with Gasteiger partial charge in [0.2, 0.25) is 0 Å². The van der Waals surface area contributed by atoms with E-state index in [2.05, 4.69) is 11.6 Å². The van der Waals surface area contributed by atoms with Crippen LogP contribution in [0.25, 0.3) is 5.57 Å². The van der Waals surface area contributed by atoms with E-state index < -0.39 is 0 Å². The van der Waals surface area contributed by atoms with Crippen LogP contribution in [-0.2, 0) is 6.42 Å². The number of pyridine rings is 1. The van der Waals surface area contributed by atoms with Gasteiger partial charge in [0, 0.05) is 12.6 Å². The van der Waals surface area contributed by atoms with Crippen LogP contribution in [0.15, 0.2) is 24.9 Å². The van der Waals surface area contributed by atoms with E-state index in [0.717, 1.165) is 16.8 Å². The molecule has 70 valence electrons. The number of hydrogen-bond acceptors (Lipinski definition) is 2. The van der Waals surface area contributed by atoms with Crippen molar-refractivity contribution in [2.24, 2.45) is 0 Å². The number of rotatable bonds is 3. The Morgan fingerprint density at radius 1 is 1.69 bits per heavy atom. The van der Waals surface area contributed by atoms with Crippen LogP contribution in [0.2, 0.25) is 0 Å². The number of allylic oxidation sites excluding steroid dienone is 1. The molecule has 1 aromatic heterocycles. The summed E-state index contributed by atoms with van der Waals surface area (Å²) in [5.74, 6) is 0. The van der Waals surface area contributed by atoms with E-state index in [9.17, 15) is 5.11 Å². The molecule has 13 heavy (non-hydrogen) atoms. The molecule has 0 saturated heterocycles. The number of nitrogens with zero attached hydrogens (tertiary/aromatic N) is 1. The lowest BCUT2D eigenvalue weighted by molar-refractivity contribution is 0.194. The zero-order valence-corrected chi connectivity index (χ0v) is 8.12. The van der Waals surface area contributed by atoms with Gasteiger partial charge in [0.15, 0.2) is 0 Å². The first-order valence-corrected chi connectivity index (χ1v) is 4.39. The van der Waals surface area contributed by atoms with Gasteiger partial charge < -0.3 is 5.11 Å². The van der Waals surface area contributed by atoms with Gasteiger partial charge in [-0.05, 0) is 31.1 Å². The van der Waals surface area contributed by atoms with Gasteiger partial charge in [-0.2, -0.15) is 0 Å². The Kier molecular flexibility index (Phi) is 3.20. The van der Waals surface area contributed by atoms with Crippen LogP contribution in [0.4, 0.5) is 0 Å². The van der Waals surface area contributed by atoms with Crippen molar-refractivity contribution in [3.05, 3.63) is 36.2 Å². The first-order chi connectivity index (χ1) is 6.11. The third-order valence-electron chi connectivity index (χ3n) is 1.84. The van der Waals surface area contributed by atoms with Crippen molar-refractivity contribution in [1.29, 1.82) is 0 Å². The van der Waals surface area contributed by atoms with Crippen molar-refractivity contribution < 1.29 is 5.11 Å². The van der Waals surface area contributed by atoms with Gasteiger partial charge in [-0.15, -0.1) is 0 Å². The fourth-order valence-corrected chi connectivity index (χ4v) is 1.27. The molecule has 2 heteroatoms. The Hall–Kier alpha value is -1.15. The average molecular weight is 177 g/mol. The molecule has 0 radical (unpaired) electrons. The van der Waals surface area contributed by atoms with Gasteiger partial charge in [-0.25, -0.2) is 0 Å². The highest BCUT2D eigenvalue weighted by Gasteiger charge is 2.06. The molecule has 0 aromatic carbocycles. The van der Waals surface area contributed by atoms with Gasteiger partial charge in [0.25, 0.3) is 0 Å². The number of aliphatic hydroxyl groups excluding tert-OH is 1. The molecule has 0 aliphatic heterocycles. The van der Waals surface area contributed by atoms with Crippen molar-refractivity contribution in [1.82, 2.24) is 4.98 Å². The summed E-state index contributed by atoms with van der Waals surface area (Å²) < 4.78 is 0. The summed E-state index contributed by atoms with van der Waals surface area (Å²) in [6.45, 7) is 7.58. The average Bonchev–Trinajstić information content (AvgIpc) is 2.03. The third kappa shape index (κ3) is 2.67. The minimum Gasteiger partial charge on any atom is -0.393 e. The minimum atomic E-state index is -0.354. The Morgan fingerprint density at radius 2 is 2.38 bits per heavy atom.